The van der Waals surface area contributed by atoms with E-state index in [4.69, 9.17) is 9.47 Å². The minimum atomic E-state index is -3.10. The van der Waals surface area contributed by atoms with Crippen molar-refractivity contribution >= 4 is 0 Å². The van der Waals surface area contributed by atoms with Crippen molar-refractivity contribution in [3.8, 4) is 11.5 Å². The normalized spacial score (nSPS) is 20.5. The topological polar surface area (TPSA) is 18.5 Å². The summed E-state index contributed by atoms with van der Waals surface area (Å²) < 4.78 is 83.2. The minimum Gasteiger partial charge on any atom is -0.494 e. The van der Waals surface area contributed by atoms with E-state index in [9.17, 15) is 22.0 Å². The Hall–Kier alpha value is -2.31. The maximum atomic E-state index is 14.7. The standard InChI is InChI=1S/C24H27F5O2/c1-3-5-15-6-10-19(24(28,29)13-15)18-9-11-21(23(27)22(18)26)31-14-16-7-8-17(30-4-2)12-20(16)25/h7-9,11-12,15,19H,3-6,10,13-14H2,1-2H3. The van der Waals surface area contributed by atoms with Crippen molar-refractivity contribution in [1.29, 1.82) is 0 Å². The number of alkyl halides is 2. The summed E-state index contributed by atoms with van der Waals surface area (Å²) in [6.07, 6.45) is 1.86. The van der Waals surface area contributed by atoms with Gasteiger partial charge in [-0.05, 0) is 43.9 Å². The van der Waals surface area contributed by atoms with Gasteiger partial charge in [0.1, 0.15) is 18.2 Å². The molecule has 0 N–H and O–H groups in total. The average molecular weight is 442 g/mol. The lowest BCUT2D eigenvalue weighted by atomic mass is 9.74. The van der Waals surface area contributed by atoms with Crippen LogP contribution in [0.1, 0.15) is 63.0 Å². The van der Waals surface area contributed by atoms with E-state index in [0.717, 1.165) is 18.6 Å². The van der Waals surface area contributed by atoms with Crippen molar-refractivity contribution in [3.05, 3.63) is 58.9 Å². The summed E-state index contributed by atoms with van der Waals surface area (Å²) in [6.45, 7) is 3.75. The minimum absolute atomic E-state index is 0.101. The lowest BCUT2D eigenvalue weighted by molar-refractivity contribution is -0.0745. The van der Waals surface area contributed by atoms with Crippen molar-refractivity contribution in [2.24, 2.45) is 5.92 Å². The molecule has 2 unspecified atom stereocenters. The molecule has 2 aromatic rings. The molecule has 2 nitrogen and oxygen atoms in total. The third-order valence-electron chi connectivity index (χ3n) is 5.80. The Labute approximate surface area is 179 Å². The van der Waals surface area contributed by atoms with Gasteiger partial charge in [0.2, 0.25) is 5.82 Å². The molecule has 2 atom stereocenters. The van der Waals surface area contributed by atoms with Crippen LogP contribution in [0.15, 0.2) is 30.3 Å². The van der Waals surface area contributed by atoms with Crippen LogP contribution in [0.2, 0.25) is 0 Å². The first kappa shape index (κ1) is 23.4. The predicted molar refractivity (Wildman–Crippen MR) is 108 cm³/mol. The third-order valence-corrected chi connectivity index (χ3v) is 5.80. The number of benzene rings is 2. The highest BCUT2D eigenvalue weighted by Gasteiger charge is 2.46. The second-order valence-corrected chi connectivity index (χ2v) is 8.01. The fraction of sp³-hybridized carbons (Fsp3) is 0.500. The molecule has 1 aliphatic carbocycles. The Bertz CT molecular complexity index is 900. The fourth-order valence-corrected chi connectivity index (χ4v) is 4.26. The lowest BCUT2D eigenvalue weighted by Crippen LogP contribution is -2.34. The molecule has 1 fully saturated rings. The molecule has 1 aliphatic rings. The Morgan fingerprint density at radius 3 is 2.39 bits per heavy atom. The first-order chi connectivity index (χ1) is 14.8. The van der Waals surface area contributed by atoms with E-state index in [1.807, 2.05) is 6.92 Å². The van der Waals surface area contributed by atoms with Crippen molar-refractivity contribution in [1.82, 2.24) is 0 Å². The number of halogens is 5. The molecule has 0 bridgehead atoms. The maximum Gasteiger partial charge on any atom is 0.255 e. The molecule has 0 aliphatic heterocycles. The maximum absolute atomic E-state index is 14.7. The molecule has 7 heteroatoms. The number of rotatable bonds is 8. The van der Waals surface area contributed by atoms with Crippen LogP contribution >= 0.6 is 0 Å². The second kappa shape index (κ2) is 9.88. The van der Waals surface area contributed by atoms with Gasteiger partial charge in [-0.3, -0.25) is 0 Å². The van der Waals surface area contributed by atoms with Gasteiger partial charge < -0.3 is 9.47 Å². The van der Waals surface area contributed by atoms with Crippen LogP contribution in [-0.2, 0) is 6.61 Å². The SMILES string of the molecule is CCCC1CCC(c2ccc(OCc3ccc(OCC)cc3F)c(F)c2F)C(F)(F)C1. The van der Waals surface area contributed by atoms with E-state index in [-0.39, 0.29) is 36.5 Å². The molecule has 0 saturated heterocycles. The molecule has 0 amide bonds. The number of hydrogen-bond donors (Lipinski definition) is 0. The summed E-state index contributed by atoms with van der Waals surface area (Å²) in [5, 5.41) is 0. The van der Waals surface area contributed by atoms with E-state index in [0.29, 0.717) is 25.2 Å². The number of ether oxygens (including phenoxy) is 2. The van der Waals surface area contributed by atoms with Gasteiger partial charge in [-0.15, -0.1) is 0 Å². The van der Waals surface area contributed by atoms with E-state index in [1.54, 1.807) is 13.0 Å². The Morgan fingerprint density at radius 1 is 0.968 bits per heavy atom. The predicted octanol–water partition coefficient (Wildman–Crippen LogP) is 7.40. The van der Waals surface area contributed by atoms with Gasteiger partial charge in [-0.25, -0.2) is 17.6 Å². The van der Waals surface area contributed by atoms with Crippen molar-refractivity contribution in [2.45, 2.75) is 64.4 Å². The van der Waals surface area contributed by atoms with Gasteiger partial charge in [0.25, 0.3) is 5.92 Å². The highest BCUT2D eigenvalue weighted by molar-refractivity contribution is 5.35. The number of hydrogen-bond acceptors (Lipinski definition) is 2. The van der Waals surface area contributed by atoms with Gasteiger partial charge in [-0.2, -0.15) is 4.39 Å². The van der Waals surface area contributed by atoms with Crippen LogP contribution in [0.25, 0.3) is 0 Å². The summed E-state index contributed by atoms with van der Waals surface area (Å²) in [5.74, 6) is -7.94. The smallest absolute Gasteiger partial charge is 0.255 e. The van der Waals surface area contributed by atoms with Crippen LogP contribution in [0.4, 0.5) is 22.0 Å². The van der Waals surface area contributed by atoms with Crippen molar-refractivity contribution < 1.29 is 31.4 Å². The van der Waals surface area contributed by atoms with E-state index in [1.165, 1.54) is 12.1 Å². The van der Waals surface area contributed by atoms with Crippen LogP contribution in [-0.4, -0.2) is 12.5 Å². The van der Waals surface area contributed by atoms with Crippen LogP contribution in [0.3, 0.4) is 0 Å². The molecule has 2 aromatic carbocycles. The summed E-state index contributed by atoms with van der Waals surface area (Å²) >= 11 is 0. The van der Waals surface area contributed by atoms with Crippen LogP contribution in [0, 0.1) is 23.4 Å². The van der Waals surface area contributed by atoms with Crippen LogP contribution < -0.4 is 9.47 Å². The molecule has 170 valence electrons. The third kappa shape index (κ3) is 5.31. The van der Waals surface area contributed by atoms with E-state index < -0.39 is 35.0 Å². The summed E-state index contributed by atoms with van der Waals surface area (Å²) in [6, 6.07) is 6.44. The monoisotopic (exact) mass is 442 g/mol. The molecule has 0 aromatic heterocycles. The molecular weight excluding hydrogens is 415 g/mol. The van der Waals surface area contributed by atoms with E-state index in [2.05, 4.69) is 0 Å². The van der Waals surface area contributed by atoms with Gasteiger partial charge in [0, 0.05) is 23.6 Å². The van der Waals surface area contributed by atoms with Crippen molar-refractivity contribution in [2.75, 3.05) is 6.61 Å². The molecule has 0 radical (unpaired) electrons. The lowest BCUT2D eigenvalue weighted by Gasteiger charge is -2.36. The summed E-state index contributed by atoms with van der Waals surface area (Å²) in [5.41, 5.74) is -0.204. The van der Waals surface area contributed by atoms with Crippen LogP contribution in [0.5, 0.6) is 11.5 Å². The fourth-order valence-electron chi connectivity index (χ4n) is 4.26. The Balaban J connectivity index is 1.74. The molecule has 1 saturated carbocycles. The zero-order chi connectivity index (χ0) is 22.6. The summed E-state index contributed by atoms with van der Waals surface area (Å²) in [4.78, 5) is 0. The average Bonchev–Trinajstić information content (AvgIpc) is 2.71. The zero-order valence-corrected chi connectivity index (χ0v) is 17.7. The van der Waals surface area contributed by atoms with Gasteiger partial charge >= 0.3 is 0 Å². The van der Waals surface area contributed by atoms with Crippen molar-refractivity contribution in [3.63, 3.8) is 0 Å². The quantitative estimate of drug-likeness (QED) is 0.397. The zero-order valence-electron chi connectivity index (χ0n) is 17.7. The van der Waals surface area contributed by atoms with E-state index >= 15 is 0 Å². The Kier molecular flexibility index (Phi) is 7.44. The molecular formula is C24H27F5O2. The highest BCUT2D eigenvalue weighted by atomic mass is 19.3. The molecule has 0 heterocycles. The second-order valence-electron chi connectivity index (χ2n) is 8.01. The first-order valence-electron chi connectivity index (χ1n) is 10.7. The van der Waals surface area contributed by atoms with Gasteiger partial charge in [0.15, 0.2) is 11.6 Å². The largest absolute Gasteiger partial charge is 0.494 e. The first-order valence-corrected chi connectivity index (χ1v) is 10.7. The van der Waals surface area contributed by atoms with Gasteiger partial charge in [0.05, 0.1) is 12.5 Å². The molecule has 0 spiro atoms. The molecule has 3 rings (SSSR count). The Morgan fingerprint density at radius 2 is 1.74 bits per heavy atom. The summed E-state index contributed by atoms with van der Waals surface area (Å²) in [7, 11) is 0. The van der Waals surface area contributed by atoms with Gasteiger partial charge in [-0.1, -0.05) is 25.8 Å². The molecule has 31 heavy (non-hydrogen) atoms. The highest BCUT2D eigenvalue weighted by Crippen LogP contribution is 2.49.